The Labute approximate surface area is 202 Å². The minimum Gasteiger partial charge on any atom is -1.00 e. The summed E-state index contributed by atoms with van der Waals surface area (Å²) in [6.45, 7) is 0.871. The number of benzene rings is 2. The van der Waals surface area contributed by atoms with E-state index in [1.807, 2.05) is 6.07 Å². The Morgan fingerprint density at radius 1 is 0.719 bits per heavy atom. The fraction of sp³-hybridized carbons (Fsp3) is 0.115. The molecule has 4 aromatic rings. The summed E-state index contributed by atoms with van der Waals surface area (Å²) in [4.78, 5) is 0. The molecule has 0 aliphatic heterocycles. The summed E-state index contributed by atoms with van der Waals surface area (Å²) in [6.07, 6.45) is 9.97. The Morgan fingerprint density at radius 3 is 2.00 bits per heavy atom. The first-order valence-corrected chi connectivity index (χ1v) is 10.8. The van der Waals surface area contributed by atoms with Gasteiger partial charge in [-0.25, -0.2) is 4.57 Å². The van der Waals surface area contributed by atoms with E-state index in [0.717, 1.165) is 18.7 Å². The van der Waals surface area contributed by atoms with Gasteiger partial charge >= 0.3 is 119 Å². The second-order valence-corrected chi connectivity index (χ2v) is 7.66. The van der Waals surface area contributed by atoms with Crippen molar-refractivity contribution in [2.24, 2.45) is 0 Å². The Bertz CT molecular complexity index is 1230. The van der Waals surface area contributed by atoms with Gasteiger partial charge in [0.1, 0.15) is 0 Å². The second-order valence-electron chi connectivity index (χ2n) is 7.16. The van der Waals surface area contributed by atoms with E-state index >= 15 is 0 Å². The summed E-state index contributed by atoms with van der Waals surface area (Å²) >= 11 is 0. The molecule has 0 spiro atoms. The van der Waals surface area contributed by atoms with Crippen LogP contribution in [0.4, 0.5) is 0 Å². The Hall–Kier alpha value is -2.67. The van der Waals surface area contributed by atoms with Crippen LogP contribution in [0.1, 0.15) is 17.5 Å². The molecular formula is C26H23Cl2N2OP. The maximum atomic E-state index is 10.5. The summed E-state index contributed by atoms with van der Waals surface area (Å²) in [5, 5.41) is 0. The molecule has 32 heavy (non-hydrogen) atoms. The van der Waals surface area contributed by atoms with E-state index < -0.39 is 0 Å². The van der Waals surface area contributed by atoms with Gasteiger partial charge in [-0.1, -0.05) is 30.3 Å². The number of halogens is 2. The number of rotatable bonds is 6. The summed E-state index contributed by atoms with van der Waals surface area (Å²) in [5.41, 5.74) is 8.82. The molecule has 0 aliphatic rings. The molecule has 0 saturated heterocycles. The standard InChI is InChI=1S/C26H23N2OP.2ClH/c29-30-19-5-9-22-8-4-10-26(20-22)28-17-13-25(14-18-28)24-11-15-27(16-12-24)21-23-6-2-1-3-7-23;;/h1-4,6-8,10-18,20H,5,9,21H2;2*1H/q+2;;/p-2. The Balaban J connectivity index is 0.00000181. The van der Waals surface area contributed by atoms with Crippen molar-refractivity contribution in [3.8, 4) is 22.4 Å². The minimum absolute atomic E-state index is 0. The number of aromatic nitrogens is 2. The molecule has 2 aromatic heterocycles. The number of nitrogens with zero attached hydrogens (tertiary/aromatic N) is 2. The maximum absolute atomic E-state index is 10.5. The van der Waals surface area contributed by atoms with E-state index in [2.05, 4.69) is 112 Å². The third kappa shape index (κ3) is 6.92. The number of pyridine rings is 2. The molecule has 0 aliphatic carbocycles. The van der Waals surface area contributed by atoms with Crippen molar-refractivity contribution in [3.63, 3.8) is 0 Å². The molecule has 2 aromatic carbocycles. The van der Waals surface area contributed by atoms with Crippen LogP contribution in [0.25, 0.3) is 16.8 Å². The molecule has 0 bridgehead atoms. The van der Waals surface area contributed by atoms with E-state index in [4.69, 9.17) is 0 Å². The van der Waals surface area contributed by atoms with Crippen molar-refractivity contribution in [1.29, 1.82) is 0 Å². The van der Waals surface area contributed by atoms with Crippen LogP contribution in [0.3, 0.4) is 0 Å². The molecule has 0 fully saturated rings. The van der Waals surface area contributed by atoms with Gasteiger partial charge in [0, 0.05) is 5.56 Å². The predicted octanol–water partition coefficient (Wildman–Crippen LogP) is -0.842. The van der Waals surface area contributed by atoms with Crippen LogP contribution < -0.4 is 33.9 Å². The second kappa shape index (κ2) is 13.0. The van der Waals surface area contributed by atoms with Crippen LogP contribution in [0, 0.1) is 5.63 Å². The average Bonchev–Trinajstić information content (AvgIpc) is 2.81. The van der Waals surface area contributed by atoms with Crippen LogP contribution in [0.15, 0.2) is 104 Å². The van der Waals surface area contributed by atoms with Gasteiger partial charge in [-0.3, -0.25) is 0 Å². The van der Waals surface area contributed by atoms with Gasteiger partial charge in [-0.15, -0.1) is 0 Å². The van der Waals surface area contributed by atoms with Crippen LogP contribution in [0.5, 0.6) is 0 Å². The van der Waals surface area contributed by atoms with E-state index in [-0.39, 0.29) is 32.7 Å². The molecule has 4 rings (SSSR count). The van der Waals surface area contributed by atoms with Gasteiger partial charge < -0.3 is 24.8 Å². The quantitative estimate of drug-likeness (QED) is 0.261. The molecule has 2 heterocycles. The largest absolute Gasteiger partial charge is 1.00 e. The molecule has 0 unspecified atom stereocenters. The van der Waals surface area contributed by atoms with E-state index in [1.165, 1.54) is 22.3 Å². The summed E-state index contributed by atoms with van der Waals surface area (Å²) < 4.78 is 14.8. The van der Waals surface area contributed by atoms with Crippen molar-refractivity contribution in [3.05, 3.63) is 115 Å². The van der Waals surface area contributed by atoms with Crippen LogP contribution >= 0.6 is 7.92 Å². The van der Waals surface area contributed by atoms with E-state index in [1.54, 1.807) is 0 Å². The van der Waals surface area contributed by atoms with Gasteiger partial charge in [0.15, 0.2) is 18.9 Å². The van der Waals surface area contributed by atoms with Gasteiger partial charge in [0.25, 0.3) is 0 Å². The SMILES string of the molecule is O=P#CCCc1cccc(-[n+]2ccc(-c3cc[n+](Cc4ccccc4)cc3)cc2)c1.[Cl-].[Cl-]. The van der Waals surface area contributed by atoms with Crippen molar-refractivity contribution in [1.82, 2.24) is 0 Å². The monoisotopic (exact) mass is 480 g/mol. The van der Waals surface area contributed by atoms with Crippen molar-refractivity contribution < 1.29 is 38.5 Å². The molecule has 0 N–H and O–H groups in total. The predicted molar refractivity (Wildman–Crippen MR) is 119 cm³/mol. The van der Waals surface area contributed by atoms with E-state index in [9.17, 15) is 4.57 Å². The van der Waals surface area contributed by atoms with E-state index in [0.29, 0.717) is 6.42 Å². The minimum atomic E-state index is -0.0179. The number of hydrogen-bond acceptors (Lipinski definition) is 1. The Kier molecular flexibility index (Phi) is 10.4. The zero-order valence-electron chi connectivity index (χ0n) is 17.4. The van der Waals surface area contributed by atoms with Crippen molar-refractivity contribution >= 4 is 7.92 Å². The topological polar surface area (TPSA) is 24.8 Å². The first-order chi connectivity index (χ1) is 14.8. The molecule has 0 radical (unpaired) electrons. The van der Waals surface area contributed by atoms with Crippen molar-refractivity contribution in [2.45, 2.75) is 19.4 Å². The third-order valence-corrected chi connectivity index (χ3v) is 5.41. The zero-order valence-corrected chi connectivity index (χ0v) is 19.8. The maximum Gasteiger partial charge on any atom is -1.00 e. The van der Waals surface area contributed by atoms with Crippen LogP contribution in [-0.2, 0) is 17.5 Å². The zero-order chi connectivity index (χ0) is 20.6. The van der Waals surface area contributed by atoms with Gasteiger partial charge in [-0.05, 0) is 0 Å². The fourth-order valence-corrected chi connectivity index (χ4v) is 3.66. The molecule has 0 atom stereocenters. The molecule has 3 nitrogen and oxygen atoms in total. The van der Waals surface area contributed by atoms with Gasteiger partial charge in [-0.2, -0.15) is 0 Å². The summed E-state index contributed by atoms with van der Waals surface area (Å²) in [5.74, 6) is 0. The Morgan fingerprint density at radius 2 is 1.34 bits per heavy atom. The fourth-order valence-electron chi connectivity index (χ4n) is 3.46. The third-order valence-electron chi connectivity index (χ3n) is 5.06. The molecule has 6 heteroatoms. The average molecular weight is 481 g/mol. The normalized spacial score (nSPS) is 9.75. The van der Waals surface area contributed by atoms with Crippen molar-refractivity contribution in [2.75, 3.05) is 0 Å². The number of aryl methyl sites for hydroxylation is 1. The first kappa shape index (κ1) is 25.6. The van der Waals surface area contributed by atoms with Crippen LogP contribution in [-0.4, -0.2) is 0 Å². The number of hydrogen-bond donors (Lipinski definition) is 0. The first-order valence-electron chi connectivity index (χ1n) is 10.0. The smallest absolute Gasteiger partial charge is 1.00 e. The van der Waals surface area contributed by atoms with Gasteiger partial charge in [0.2, 0.25) is 0 Å². The summed E-state index contributed by atoms with van der Waals surface area (Å²) in [6, 6.07) is 27.5. The summed E-state index contributed by atoms with van der Waals surface area (Å²) in [7, 11) is -0.0179. The molecular weight excluding hydrogens is 458 g/mol. The van der Waals surface area contributed by atoms with Crippen LogP contribution in [0.2, 0.25) is 0 Å². The van der Waals surface area contributed by atoms with Gasteiger partial charge in [0.05, 0.1) is 0 Å². The molecule has 162 valence electrons. The molecule has 0 saturated carbocycles. The molecule has 0 amide bonds.